The van der Waals surface area contributed by atoms with Gasteiger partial charge in [0.25, 0.3) is 0 Å². The van der Waals surface area contributed by atoms with Crippen molar-refractivity contribution in [3.05, 3.63) is 18.5 Å². The summed E-state index contributed by atoms with van der Waals surface area (Å²) >= 11 is 4.83. The highest BCUT2D eigenvalue weighted by Gasteiger charge is 2.04. The second-order valence-corrected chi connectivity index (χ2v) is 3.00. The Bertz CT molecular complexity index is 230. The molecule has 0 aliphatic heterocycles. The first-order valence-electron chi connectivity index (χ1n) is 3.47. The van der Waals surface area contributed by atoms with Gasteiger partial charge in [0, 0.05) is 24.9 Å². The fourth-order valence-electron chi connectivity index (χ4n) is 0.779. The van der Waals surface area contributed by atoms with Crippen LogP contribution in [0.2, 0.25) is 0 Å². The molecule has 3 nitrogen and oxygen atoms in total. The molecular formula is C7H11N3S. The molecule has 1 aromatic heterocycles. The van der Waals surface area contributed by atoms with E-state index in [-0.39, 0.29) is 5.92 Å². The van der Waals surface area contributed by atoms with Crippen LogP contribution < -0.4 is 5.73 Å². The van der Waals surface area contributed by atoms with Crippen molar-refractivity contribution in [3.63, 3.8) is 0 Å². The SMILES string of the molecule is CC(Cn1cccn1)C(N)=S. The Morgan fingerprint density at radius 3 is 3.00 bits per heavy atom. The highest BCUT2D eigenvalue weighted by Crippen LogP contribution is 1.98. The van der Waals surface area contributed by atoms with E-state index in [1.54, 1.807) is 6.20 Å². The fourth-order valence-corrected chi connectivity index (χ4v) is 0.854. The smallest absolute Gasteiger partial charge is 0.0774 e. The predicted octanol–water partition coefficient (Wildman–Crippen LogP) is 0.805. The Labute approximate surface area is 71.2 Å². The molecule has 4 heteroatoms. The minimum atomic E-state index is 0.213. The summed E-state index contributed by atoms with van der Waals surface area (Å²) in [5.41, 5.74) is 5.44. The molecule has 1 atom stereocenters. The Morgan fingerprint density at radius 1 is 1.82 bits per heavy atom. The molecular weight excluding hydrogens is 158 g/mol. The lowest BCUT2D eigenvalue weighted by atomic mass is 10.2. The summed E-state index contributed by atoms with van der Waals surface area (Å²) in [4.78, 5) is 0.542. The molecule has 1 aromatic rings. The maximum Gasteiger partial charge on any atom is 0.0774 e. The van der Waals surface area contributed by atoms with Crippen LogP contribution in [0.1, 0.15) is 6.92 Å². The minimum absolute atomic E-state index is 0.213. The van der Waals surface area contributed by atoms with Crippen LogP contribution in [0.4, 0.5) is 0 Å². The maximum absolute atomic E-state index is 5.44. The molecule has 11 heavy (non-hydrogen) atoms. The third-order valence-electron chi connectivity index (χ3n) is 1.51. The van der Waals surface area contributed by atoms with Crippen LogP contribution in [0.25, 0.3) is 0 Å². The van der Waals surface area contributed by atoms with Gasteiger partial charge in [-0.25, -0.2) is 0 Å². The van der Waals surface area contributed by atoms with E-state index < -0.39 is 0 Å². The zero-order valence-electron chi connectivity index (χ0n) is 6.40. The maximum atomic E-state index is 5.44. The number of thiocarbonyl (C=S) groups is 1. The molecule has 0 fully saturated rings. The number of hydrogen-bond donors (Lipinski definition) is 1. The molecule has 1 heterocycles. The summed E-state index contributed by atoms with van der Waals surface area (Å²) in [5.74, 6) is 0.213. The summed E-state index contributed by atoms with van der Waals surface area (Å²) in [5, 5.41) is 4.04. The topological polar surface area (TPSA) is 43.8 Å². The van der Waals surface area contributed by atoms with Crippen LogP contribution in [0, 0.1) is 5.92 Å². The highest BCUT2D eigenvalue weighted by atomic mass is 32.1. The first-order valence-corrected chi connectivity index (χ1v) is 3.87. The summed E-state index contributed by atoms with van der Waals surface area (Å²) < 4.78 is 1.82. The second-order valence-electron chi connectivity index (χ2n) is 2.53. The van der Waals surface area contributed by atoms with E-state index in [0.29, 0.717) is 4.99 Å². The van der Waals surface area contributed by atoms with Crippen molar-refractivity contribution >= 4 is 17.2 Å². The molecule has 1 unspecified atom stereocenters. The lowest BCUT2D eigenvalue weighted by Crippen LogP contribution is -2.22. The van der Waals surface area contributed by atoms with Gasteiger partial charge in [-0.1, -0.05) is 19.1 Å². The van der Waals surface area contributed by atoms with E-state index in [9.17, 15) is 0 Å². The lowest BCUT2D eigenvalue weighted by molar-refractivity contribution is 0.543. The van der Waals surface area contributed by atoms with Gasteiger partial charge in [0.2, 0.25) is 0 Å². The molecule has 0 bridgehead atoms. The van der Waals surface area contributed by atoms with Crippen molar-refractivity contribution in [2.24, 2.45) is 11.7 Å². The Balaban J connectivity index is 2.50. The number of nitrogens with two attached hydrogens (primary N) is 1. The van der Waals surface area contributed by atoms with E-state index in [0.717, 1.165) is 6.54 Å². The molecule has 0 aliphatic carbocycles. The molecule has 1 rings (SSSR count). The monoisotopic (exact) mass is 169 g/mol. The normalized spacial score (nSPS) is 12.8. The van der Waals surface area contributed by atoms with Crippen molar-refractivity contribution in [3.8, 4) is 0 Å². The molecule has 0 saturated heterocycles. The average Bonchev–Trinajstić information content (AvgIpc) is 2.39. The Morgan fingerprint density at radius 2 is 2.55 bits per heavy atom. The van der Waals surface area contributed by atoms with Gasteiger partial charge in [0.15, 0.2) is 0 Å². The summed E-state index contributed by atoms with van der Waals surface area (Å²) in [6.07, 6.45) is 3.64. The van der Waals surface area contributed by atoms with E-state index in [2.05, 4.69) is 5.10 Å². The van der Waals surface area contributed by atoms with Crippen molar-refractivity contribution in [2.75, 3.05) is 0 Å². The van der Waals surface area contributed by atoms with Crippen LogP contribution in [-0.4, -0.2) is 14.8 Å². The molecule has 0 radical (unpaired) electrons. The van der Waals surface area contributed by atoms with Crippen molar-refractivity contribution in [2.45, 2.75) is 13.5 Å². The third-order valence-corrected chi connectivity index (χ3v) is 1.91. The minimum Gasteiger partial charge on any atom is -0.393 e. The van der Waals surface area contributed by atoms with E-state index >= 15 is 0 Å². The first-order chi connectivity index (χ1) is 5.20. The summed E-state index contributed by atoms with van der Waals surface area (Å²) in [7, 11) is 0. The predicted molar refractivity (Wildman–Crippen MR) is 48.2 cm³/mol. The van der Waals surface area contributed by atoms with Gasteiger partial charge in [-0.2, -0.15) is 5.10 Å². The van der Waals surface area contributed by atoms with Gasteiger partial charge in [0.1, 0.15) is 0 Å². The lowest BCUT2D eigenvalue weighted by Gasteiger charge is -2.08. The average molecular weight is 169 g/mol. The molecule has 60 valence electrons. The highest BCUT2D eigenvalue weighted by molar-refractivity contribution is 7.80. The first kappa shape index (κ1) is 8.20. The summed E-state index contributed by atoms with van der Waals surface area (Å²) in [6, 6.07) is 1.88. The van der Waals surface area contributed by atoms with Crippen molar-refractivity contribution < 1.29 is 0 Å². The van der Waals surface area contributed by atoms with Crippen LogP contribution in [0.5, 0.6) is 0 Å². The van der Waals surface area contributed by atoms with Gasteiger partial charge in [-0.05, 0) is 6.07 Å². The van der Waals surface area contributed by atoms with Gasteiger partial charge in [0.05, 0.1) is 4.99 Å². The quantitative estimate of drug-likeness (QED) is 0.681. The Kier molecular flexibility index (Phi) is 2.59. The second kappa shape index (κ2) is 3.48. The largest absolute Gasteiger partial charge is 0.393 e. The molecule has 0 saturated carbocycles. The number of hydrogen-bond acceptors (Lipinski definition) is 2. The third kappa shape index (κ3) is 2.31. The van der Waals surface area contributed by atoms with Gasteiger partial charge >= 0.3 is 0 Å². The van der Waals surface area contributed by atoms with Gasteiger partial charge in [-0.15, -0.1) is 0 Å². The summed E-state index contributed by atoms with van der Waals surface area (Å²) in [6.45, 7) is 2.76. The van der Waals surface area contributed by atoms with E-state index in [1.807, 2.05) is 23.9 Å². The zero-order valence-corrected chi connectivity index (χ0v) is 7.21. The van der Waals surface area contributed by atoms with Crippen LogP contribution >= 0.6 is 12.2 Å². The Hall–Kier alpha value is -0.900. The van der Waals surface area contributed by atoms with Crippen LogP contribution in [0.3, 0.4) is 0 Å². The van der Waals surface area contributed by atoms with Crippen LogP contribution in [-0.2, 0) is 6.54 Å². The van der Waals surface area contributed by atoms with E-state index in [1.165, 1.54) is 0 Å². The number of nitrogens with zero attached hydrogens (tertiary/aromatic N) is 2. The molecule has 0 aliphatic rings. The fraction of sp³-hybridized carbons (Fsp3) is 0.429. The van der Waals surface area contributed by atoms with Crippen molar-refractivity contribution in [1.29, 1.82) is 0 Å². The molecule has 0 amide bonds. The number of rotatable bonds is 3. The van der Waals surface area contributed by atoms with Crippen LogP contribution in [0.15, 0.2) is 18.5 Å². The van der Waals surface area contributed by atoms with E-state index in [4.69, 9.17) is 18.0 Å². The van der Waals surface area contributed by atoms with Gasteiger partial charge < -0.3 is 5.73 Å². The van der Waals surface area contributed by atoms with Crippen molar-refractivity contribution in [1.82, 2.24) is 9.78 Å². The zero-order chi connectivity index (χ0) is 8.27. The molecule has 0 spiro atoms. The molecule has 0 aromatic carbocycles. The van der Waals surface area contributed by atoms with Gasteiger partial charge in [-0.3, -0.25) is 4.68 Å². The number of aromatic nitrogens is 2. The molecule has 2 N–H and O–H groups in total. The standard InChI is InChI=1S/C7H11N3S/c1-6(7(8)11)5-10-4-2-3-9-10/h2-4,6H,5H2,1H3,(H2,8,11).